The summed E-state index contributed by atoms with van der Waals surface area (Å²) in [7, 11) is 0. The molecule has 28 heavy (non-hydrogen) atoms. The number of carbonyl (C=O) groups excluding carboxylic acids is 1. The number of carbonyl (C=O) groups is 1. The van der Waals surface area contributed by atoms with E-state index in [4.69, 9.17) is 5.73 Å². The smallest absolute Gasteiger partial charge is 0.248 e. The number of benzene rings is 1. The van der Waals surface area contributed by atoms with Crippen LogP contribution in [-0.4, -0.2) is 27.2 Å². The van der Waals surface area contributed by atoms with Crippen molar-refractivity contribution in [2.24, 2.45) is 10.7 Å². The van der Waals surface area contributed by atoms with E-state index >= 15 is 0 Å². The van der Waals surface area contributed by atoms with Crippen LogP contribution in [0.2, 0.25) is 0 Å². The van der Waals surface area contributed by atoms with E-state index in [0.29, 0.717) is 22.8 Å². The molecule has 142 valence electrons. The molecular weight excluding hydrogens is 357 g/mol. The third kappa shape index (κ3) is 2.85. The van der Waals surface area contributed by atoms with E-state index in [1.807, 2.05) is 39.0 Å². The van der Waals surface area contributed by atoms with Gasteiger partial charge < -0.3 is 16.0 Å². The third-order valence-corrected chi connectivity index (χ3v) is 5.00. The maximum atomic E-state index is 14.2. The van der Waals surface area contributed by atoms with Crippen molar-refractivity contribution in [2.45, 2.75) is 26.3 Å². The number of aromatic nitrogens is 2. The zero-order valence-corrected chi connectivity index (χ0v) is 15.8. The molecule has 3 heterocycles. The molecule has 6 nitrogen and oxygen atoms in total. The quantitative estimate of drug-likeness (QED) is 0.654. The molecule has 4 N–H and O–H groups in total. The maximum Gasteiger partial charge on any atom is 0.248 e. The number of amides is 1. The number of fused-ring (bicyclic) bond motifs is 1. The number of amidine groups is 1. The second kappa shape index (κ2) is 6.30. The molecule has 0 radical (unpaired) electrons. The average Bonchev–Trinajstić information content (AvgIpc) is 2.97. The molecule has 3 aromatic rings. The SMILES string of the molecule is Cc1c(-c2ncccc2F)[nH]c2ccc(C3=NC(C)(C)C(C(N)=O)=CN3)cc12. The minimum atomic E-state index is -0.725. The molecule has 7 heteroatoms. The normalized spacial score (nSPS) is 15.7. The Bertz CT molecular complexity index is 1170. The minimum Gasteiger partial charge on any atom is -0.366 e. The Morgan fingerprint density at radius 2 is 2.04 bits per heavy atom. The van der Waals surface area contributed by atoms with Gasteiger partial charge in [-0.2, -0.15) is 0 Å². The van der Waals surface area contributed by atoms with Gasteiger partial charge in [0.15, 0.2) is 5.82 Å². The highest BCUT2D eigenvalue weighted by Gasteiger charge is 2.30. The summed E-state index contributed by atoms with van der Waals surface area (Å²) in [5, 5.41) is 4.01. The first-order valence-electron chi connectivity index (χ1n) is 8.88. The van der Waals surface area contributed by atoms with Crippen LogP contribution in [0.25, 0.3) is 22.3 Å². The zero-order chi connectivity index (χ0) is 20.1. The summed E-state index contributed by atoms with van der Waals surface area (Å²) >= 11 is 0. The standard InChI is InChI=1S/C21H20FN5O/c1-11-13-9-12(20-25-10-14(19(23)28)21(2,3)27-20)6-7-16(13)26-17(11)18-15(22)5-4-8-24-18/h4-10,26H,1-3H3,(H2,23,28)(H,25,27). The molecule has 0 bridgehead atoms. The molecule has 2 aromatic heterocycles. The van der Waals surface area contributed by atoms with Gasteiger partial charge in [-0.15, -0.1) is 0 Å². The van der Waals surface area contributed by atoms with Gasteiger partial charge in [-0.1, -0.05) is 0 Å². The van der Waals surface area contributed by atoms with Crippen LogP contribution >= 0.6 is 0 Å². The van der Waals surface area contributed by atoms with Crippen molar-refractivity contribution < 1.29 is 9.18 Å². The maximum absolute atomic E-state index is 14.2. The first-order valence-corrected chi connectivity index (χ1v) is 8.88. The second-order valence-electron chi connectivity index (χ2n) is 7.31. The number of hydrogen-bond acceptors (Lipinski definition) is 4. The van der Waals surface area contributed by atoms with E-state index in [0.717, 1.165) is 22.0 Å². The van der Waals surface area contributed by atoms with Gasteiger partial charge in [0.2, 0.25) is 5.91 Å². The lowest BCUT2D eigenvalue weighted by Crippen LogP contribution is -2.39. The Labute approximate surface area is 161 Å². The van der Waals surface area contributed by atoms with Crippen molar-refractivity contribution in [3.05, 3.63) is 65.2 Å². The van der Waals surface area contributed by atoms with Crippen LogP contribution in [0.3, 0.4) is 0 Å². The highest BCUT2D eigenvalue weighted by atomic mass is 19.1. The summed E-state index contributed by atoms with van der Waals surface area (Å²) in [6.07, 6.45) is 3.17. The molecule has 0 spiro atoms. The van der Waals surface area contributed by atoms with E-state index in [1.165, 1.54) is 6.07 Å². The average molecular weight is 377 g/mol. The number of nitrogens with two attached hydrogens (primary N) is 1. The number of pyridine rings is 1. The van der Waals surface area contributed by atoms with E-state index in [1.54, 1.807) is 18.5 Å². The second-order valence-corrected chi connectivity index (χ2v) is 7.31. The number of aryl methyl sites for hydroxylation is 1. The van der Waals surface area contributed by atoms with Crippen LogP contribution in [0.15, 0.2) is 53.3 Å². The van der Waals surface area contributed by atoms with E-state index in [-0.39, 0.29) is 5.82 Å². The van der Waals surface area contributed by atoms with Gasteiger partial charge in [0.1, 0.15) is 11.5 Å². The predicted octanol–water partition coefficient (Wildman–Crippen LogP) is 3.18. The first kappa shape index (κ1) is 17.9. The number of rotatable bonds is 3. The summed E-state index contributed by atoms with van der Waals surface area (Å²) in [6.45, 7) is 5.61. The molecule has 0 unspecified atom stereocenters. The van der Waals surface area contributed by atoms with Crippen molar-refractivity contribution in [1.82, 2.24) is 15.3 Å². The molecule has 1 amide bonds. The Morgan fingerprint density at radius 1 is 1.25 bits per heavy atom. The molecular formula is C21H20FN5O. The summed E-state index contributed by atoms with van der Waals surface area (Å²) in [5.41, 5.74) is 8.71. The highest BCUT2D eigenvalue weighted by molar-refractivity contribution is 6.06. The van der Waals surface area contributed by atoms with Gasteiger partial charge in [0.05, 0.1) is 16.8 Å². The molecule has 1 aliphatic heterocycles. The van der Waals surface area contributed by atoms with Gasteiger partial charge in [-0.25, -0.2) is 4.39 Å². The van der Waals surface area contributed by atoms with E-state index in [2.05, 4.69) is 20.3 Å². The summed E-state index contributed by atoms with van der Waals surface area (Å²) in [6, 6.07) is 8.78. The Balaban J connectivity index is 1.79. The topological polar surface area (TPSA) is 96.2 Å². The number of aromatic amines is 1. The van der Waals surface area contributed by atoms with Crippen LogP contribution in [0.1, 0.15) is 25.0 Å². The van der Waals surface area contributed by atoms with Crippen LogP contribution in [0.5, 0.6) is 0 Å². The fourth-order valence-electron chi connectivity index (χ4n) is 3.49. The van der Waals surface area contributed by atoms with Gasteiger partial charge in [-0.05, 0) is 56.7 Å². The van der Waals surface area contributed by atoms with Gasteiger partial charge in [-0.3, -0.25) is 14.8 Å². The van der Waals surface area contributed by atoms with Gasteiger partial charge in [0, 0.05) is 28.9 Å². The monoisotopic (exact) mass is 377 g/mol. The summed E-state index contributed by atoms with van der Waals surface area (Å²) in [4.78, 5) is 23.7. The van der Waals surface area contributed by atoms with Crippen LogP contribution in [0, 0.1) is 12.7 Å². The summed E-state index contributed by atoms with van der Waals surface area (Å²) < 4.78 is 14.2. The molecule has 0 aliphatic carbocycles. The predicted molar refractivity (Wildman–Crippen MR) is 107 cm³/mol. The zero-order valence-electron chi connectivity index (χ0n) is 15.8. The van der Waals surface area contributed by atoms with Crippen molar-refractivity contribution >= 4 is 22.6 Å². The van der Waals surface area contributed by atoms with Gasteiger partial charge >= 0.3 is 0 Å². The van der Waals surface area contributed by atoms with E-state index in [9.17, 15) is 9.18 Å². The molecule has 1 aliphatic rings. The lowest BCUT2D eigenvalue weighted by Gasteiger charge is -2.27. The fraction of sp³-hybridized carbons (Fsp3) is 0.190. The lowest BCUT2D eigenvalue weighted by molar-refractivity contribution is -0.115. The minimum absolute atomic E-state index is 0.293. The molecule has 1 aromatic carbocycles. The lowest BCUT2D eigenvalue weighted by atomic mass is 9.93. The van der Waals surface area contributed by atoms with Crippen LogP contribution < -0.4 is 11.1 Å². The fourth-order valence-corrected chi connectivity index (χ4v) is 3.49. The van der Waals surface area contributed by atoms with Crippen molar-refractivity contribution in [3.63, 3.8) is 0 Å². The number of aliphatic imine (C=N–C) groups is 1. The summed E-state index contributed by atoms with van der Waals surface area (Å²) in [5.74, 6) is -0.233. The van der Waals surface area contributed by atoms with Crippen molar-refractivity contribution in [1.29, 1.82) is 0 Å². The molecule has 4 rings (SSSR count). The Kier molecular flexibility index (Phi) is 4.03. The molecule has 0 saturated heterocycles. The van der Waals surface area contributed by atoms with E-state index < -0.39 is 11.4 Å². The Morgan fingerprint density at radius 3 is 2.71 bits per heavy atom. The third-order valence-electron chi connectivity index (χ3n) is 5.00. The molecule has 0 fully saturated rings. The van der Waals surface area contributed by atoms with Crippen LogP contribution in [0.4, 0.5) is 4.39 Å². The molecule has 0 saturated carbocycles. The van der Waals surface area contributed by atoms with Crippen LogP contribution in [-0.2, 0) is 4.79 Å². The number of primary amides is 1. The first-order chi connectivity index (χ1) is 13.3. The highest BCUT2D eigenvalue weighted by Crippen LogP contribution is 2.31. The number of hydrogen-bond donors (Lipinski definition) is 3. The largest absolute Gasteiger partial charge is 0.366 e. The number of nitrogens with one attached hydrogen (secondary N) is 2. The van der Waals surface area contributed by atoms with Gasteiger partial charge in [0.25, 0.3) is 0 Å². The number of halogens is 1. The number of nitrogens with zero attached hydrogens (tertiary/aromatic N) is 2. The number of H-pyrrole nitrogens is 1. The van der Waals surface area contributed by atoms with Crippen molar-refractivity contribution in [2.75, 3.05) is 0 Å². The van der Waals surface area contributed by atoms with Crippen molar-refractivity contribution in [3.8, 4) is 11.4 Å². The molecule has 0 atom stereocenters. The Hall–Kier alpha value is -3.48.